The molecule has 2 aliphatic rings. The molecule has 0 aliphatic heterocycles. The van der Waals surface area contributed by atoms with Gasteiger partial charge in [-0.2, -0.15) is 0 Å². The highest BCUT2D eigenvalue weighted by Crippen LogP contribution is 2.50. The Bertz CT molecular complexity index is 491. The summed E-state index contributed by atoms with van der Waals surface area (Å²) in [6.07, 6.45) is 3.73. The molecule has 114 valence electrons. The van der Waals surface area contributed by atoms with Gasteiger partial charge in [0.25, 0.3) is 0 Å². The molecular weight excluding hydrogens is 282 g/mol. The van der Waals surface area contributed by atoms with Gasteiger partial charge in [0, 0.05) is 6.54 Å². The lowest BCUT2D eigenvalue weighted by Gasteiger charge is -2.13. The third-order valence-electron chi connectivity index (χ3n) is 3.87. The van der Waals surface area contributed by atoms with Gasteiger partial charge >= 0.3 is 5.97 Å². The van der Waals surface area contributed by atoms with Crippen molar-refractivity contribution < 1.29 is 22.7 Å². The first-order chi connectivity index (χ1) is 9.34. The van der Waals surface area contributed by atoms with Crippen LogP contribution in [0.4, 0.5) is 0 Å². The SMILES string of the molecule is COC(=O)CC1(CS(=O)(=O)CC(=O)NCC2CC2)CC1. The van der Waals surface area contributed by atoms with E-state index in [1.54, 1.807) is 0 Å². The number of carbonyl (C=O) groups excluding carboxylic acids is 2. The minimum atomic E-state index is -3.48. The number of esters is 1. The number of hydrogen-bond donors (Lipinski definition) is 1. The normalized spacial score (nSPS) is 20.2. The van der Waals surface area contributed by atoms with Gasteiger partial charge in [0.2, 0.25) is 5.91 Å². The zero-order valence-electron chi connectivity index (χ0n) is 11.7. The van der Waals surface area contributed by atoms with E-state index in [1.807, 2.05) is 0 Å². The molecular formula is C13H21NO5S. The number of hydrogen-bond acceptors (Lipinski definition) is 5. The minimum absolute atomic E-state index is 0.105. The summed E-state index contributed by atoms with van der Waals surface area (Å²) in [5.74, 6) is -0.897. The number of sulfone groups is 1. The third-order valence-corrected chi connectivity index (χ3v) is 5.62. The van der Waals surface area contributed by atoms with E-state index in [-0.39, 0.29) is 12.2 Å². The highest BCUT2D eigenvalue weighted by Gasteiger charge is 2.48. The Hall–Kier alpha value is -1.11. The first-order valence-corrected chi connectivity index (χ1v) is 8.70. The predicted molar refractivity (Wildman–Crippen MR) is 72.7 cm³/mol. The second-order valence-electron chi connectivity index (χ2n) is 6.03. The molecule has 0 spiro atoms. The average molecular weight is 303 g/mol. The molecule has 0 radical (unpaired) electrons. The van der Waals surface area contributed by atoms with Crippen LogP contribution in [0.15, 0.2) is 0 Å². The van der Waals surface area contributed by atoms with Crippen LogP contribution in [0.25, 0.3) is 0 Å². The minimum Gasteiger partial charge on any atom is -0.469 e. The summed E-state index contributed by atoms with van der Waals surface area (Å²) in [4.78, 5) is 22.9. The molecule has 2 saturated carbocycles. The fourth-order valence-corrected chi connectivity index (χ4v) is 4.20. The summed E-state index contributed by atoms with van der Waals surface area (Å²) in [5, 5.41) is 2.65. The first kappa shape index (κ1) is 15.3. The number of rotatable bonds is 8. The molecule has 7 heteroatoms. The summed E-state index contributed by atoms with van der Waals surface area (Å²) in [7, 11) is -2.19. The van der Waals surface area contributed by atoms with Gasteiger partial charge in [0.05, 0.1) is 19.3 Å². The van der Waals surface area contributed by atoms with Crippen LogP contribution in [-0.4, -0.2) is 45.5 Å². The van der Waals surface area contributed by atoms with Crippen LogP contribution < -0.4 is 5.32 Å². The summed E-state index contributed by atoms with van der Waals surface area (Å²) >= 11 is 0. The van der Waals surface area contributed by atoms with Crippen LogP contribution in [0.1, 0.15) is 32.1 Å². The van der Waals surface area contributed by atoms with E-state index in [1.165, 1.54) is 7.11 Å². The van der Waals surface area contributed by atoms with Gasteiger partial charge in [-0.3, -0.25) is 9.59 Å². The van der Waals surface area contributed by atoms with Crippen LogP contribution in [0, 0.1) is 11.3 Å². The number of ether oxygens (including phenoxy) is 1. The van der Waals surface area contributed by atoms with Crippen molar-refractivity contribution in [3.63, 3.8) is 0 Å². The molecule has 0 aromatic rings. The Balaban J connectivity index is 1.80. The number of amides is 1. The lowest BCUT2D eigenvalue weighted by molar-refractivity contribution is -0.141. The largest absolute Gasteiger partial charge is 0.469 e. The molecule has 6 nitrogen and oxygen atoms in total. The smallest absolute Gasteiger partial charge is 0.306 e. The van der Waals surface area contributed by atoms with Crippen LogP contribution in [0.3, 0.4) is 0 Å². The molecule has 0 atom stereocenters. The molecule has 0 heterocycles. The van der Waals surface area contributed by atoms with E-state index in [0.717, 1.165) is 12.8 Å². The first-order valence-electron chi connectivity index (χ1n) is 6.88. The number of nitrogens with one attached hydrogen (secondary N) is 1. The Labute approximate surface area is 119 Å². The molecule has 2 rings (SSSR count). The van der Waals surface area contributed by atoms with E-state index < -0.39 is 32.9 Å². The second-order valence-corrected chi connectivity index (χ2v) is 8.10. The van der Waals surface area contributed by atoms with Crippen molar-refractivity contribution in [2.45, 2.75) is 32.1 Å². The highest BCUT2D eigenvalue weighted by atomic mass is 32.2. The highest BCUT2D eigenvalue weighted by molar-refractivity contribution is 7.92. The van der Waals surface area contributed by atoms with Gasteiger partial charge in [0.15, 0.2) is 9.84 Å². The summed E-state index contributed by atoms with van der Waals surface area (Å²) < 4.78 is 28.6. The van der Waals surface area contributed by atoms with Crippen LogP contribution in [-0.2, 0) is 24.2 Å². The van der Waals surface area contributed by atoms with Crippen LogP contribution in [0.2, 0.25) is 0 Å². The van der Waals surface area contributed by atoms with Crippen molar-refractivity contribution in [3.05, 3.63) is 0 Å². The van der Waals surface area contributed by atoms with Gasteiger partial charge in [-0.05, 0) is 37.0 Å². The Morgan fingerprint density at radius 1 is 1.30 bits per heavy atom. The predicted octanol–water partition coefficient (Wildman–Crippen LogP) is 0.271. The quantitative estimate of drug-likeness (QED) is 0.650. The molecule has 0 saturated heterocycles. The molecule has 0 aromatic carbocycles. The van der Waals surface area contributed by atoms with E-state index >= 15 is 0 Å². The standard InChI is InChI=1S/C13H21NO5S/c1-19-12(16)6-13(4-5-13)9-20(17,18)8-11(15)14-7-10-2-3-10/h10H,2-9H2,1H3,(H,14,15). The van der Waals surface area contributed by atoms with Gasteiger partial charge in [0.1, 0.15) is 5.75 Å². The van der Waals surface area contributed by atoms with Crippen molar-refractivity contribution in [3.8, 4) is 0 Å². The maximum atomic E-state index is 12.0. The zero-order chi connectivity index (χ0) is 14.8. The third kappa shape index (κ3) is 4.77. The Morgan fingerprint density at radius 2 is 1.95 bits per heavy atom. The monoisotopic (exact) mass is 303 g/mol. The fraction of sp³-hybridized carbons (Fsp3) is 0.846. The second kappa shape index (κ2) is 5.71. The van der Waals surface area contributed by atoms with Crippen molar-refractivity contribution in [1.82, 2.24) is 5.32 Å². The molecule has 0 bridgehead atoms. The van der Waals surface area contributed by atoms with Crippen molar-refractivity contribution in [2.24, 2.45) is 11.3 Å². The molecule has 20 heavy (non-hydrogen) atoms. The maximum absolute atomic E-state index is 12.0. The maximum Gasteiger partial charge on any atom is 0.306 e. The van der Waals surface area contributed by atoms with Gasteiger partial charge in [-0.15, -0.1) is 0 Å². The Morgan fingerprint density at radius 3 is 2.45 bits per heavy atom. The van der Waals surface area contributed by atoms with Crippen molar-refractivity contribution in [1.29, 1.82) is 0 Å². The van der Waals surface area contributed by atoms with Crippen molar-refractivity contribution in [2.75, 3.05) is 25.2 Å². The van der Waals surface area contributed by atoms with Gasteiger partial charge < -0.3 is 10.1 Å². The number of methoxy groups -OCH3 is 1. The van der Waals surface area contributed by atoms with Crippen LogP contribution in [0.5, 0.6) is 0 Å². The molecule has 1 amide bonds. The van der Waals surface area contributed by atoms with E-state index in [0.29, 0.717) is 25.3 Å². The van der Waals surface area contributed by atoms with E-state index in [2.05, 4.69) is 10.1 Å². The molecule has 2 aliphatic carbocycles. The lowest BCUT2D eigenvalue weighted by atomic mass is 10.1. The Kier molecular flexibility index (Phi) is 4.36. The fourth-order valence-electron chi connectivity index (χ4n) is 2.28. The molecule has 1 N–H and O–H groups in total. The summed E-state index contributed by atoms with van der Waals surface area (Å²) in [5.41, 5.74) is -0.497. The average Bonchev–Trinajstić information content (AvgIpc) is 3.22. The number of carbonyl (C=O) groups is 2. The van der Waals surface area contributed by atoms with Gasteiger partial charge in [-0.1, -0.05) is 0 Å². The molecule has 2 fully saturated rings. The topological polar surface area (TPSA) is 89.5 Å². The summed E-state index contributed by atoms with van der Waals surface area (Å²) in [6.45, 7) is 0.571. The van der Waals surface area contributed by atoms with Crippen LogP contribution >= 0.6 is 0 Å². The lowest BCUT2D eigenvalue weighted by Crippen LogP contribution is -2.34. The van der Waals surface area contributed by atoms with E-state index in [9.17, 15) is 18.0 Å². The summed E-state index contributed by atoms with van der Waals surface area (Å²) in [6, 6.07) is 0. The zero-order valence-corrected chi connectivity index (χ0v) is 12.5. The van der Waals surface area contributed by atoms with E-state index in [4.69, 9.17) is 0 Å². The molecule has 0 unspecified atom stereocenters. The van der Waals surface area contributed by atoms with Crippen molar-refractivity contribution >= 4 is 21.7 Å². The molecule has 0 aromatic heterocycles. The van der Waals surface area contributed by atoms with Gasteiger partial charge in [-0.25, -0.2) is 8.42 Å².